The van der Waals surface area contributed by atoms with Crippen molar-refractivity contribution in [3.8, 4) is 5.75 Å². The molecule has 2 rings (SSSR count). The smallest absolute Gasteiger partial charge is 0.387 e. The Balaban J connectivity index is 2.01. The van der Waals surface area contributed by atoms with Gasteiger partial charge < -0.3 is 9.57 Å². The van der Waals surface area contributed by atoms with Gasteiger partial charge in [0.05, 0.1) is 11.2 Å². The lowest BCUT2D eigenvalue weighted by Gasteiger charge is -2.07. The first-order valence-corrected chi connectivity index (χ1v) is 6.58. The van der Waals surface area contributed by atoms with Crippen molar-refractivity contribution in [1.82, 2.24) is 0 Å². The van der Waals surface area contributed by atoms with E-state index in [1.165, 1.54) is 36.5 Å². The molecule has 0 radical (unpaired) electrons. The Kier molecular flexibility index (Phi) is 5.66. The van der Waals surface area contributed by atoms with Crippen LogP contribution in [0.4, 0.5) is 13.2 Å². The van der Waals surface area contributed by atoms with Crippen LogP contribution >= 0.6 is 11.6 Å². The van der Waals surface area contributed by atoms with E-state index in [4.69, 9.17) is 16.4 Å². The Bertz CT molecular complexity index is 645. The van der Waals surface area contributed by atoms with Crippen LogP contribution in [0.15, 0.2) is 47.6 Å². The molecular formula is C15H11ClF3NO2. The average molecular weight is 330 g/mol. The Hall–Kier alpha value is -2.21. The molecule has 3 nitrogen and oxygen atoms in total. The predicted molar refractivity (Wildman–Crippen MR) is 76.9 cm³/mol. The number of ether oxygens (including phenoxy) is 1. The predicted octanol–water partition coefficient (Wildman–Crippen LogP) is 4.63. The van der Waals surface area contributed by atoms with Gasteiger partial charge in [0.25, 0.3) is 0 Å². The monoisotopic (exact) mass is 329 g/mol. The number of oxime groups is 1. The zero-order chi connectivity index (χ0) is 15.9. The number of rotatable bonds is 6. The minimum atomic E-state index is -2.94. The lowest BCUT2D eigenvalue weighted by Crippen LogP contribution is -2.04. The summed E-state index contributed by atoms with van der Waals surface area (Å²) in [5, 5.41) is 3.83. The van der Waals surface area contributed by atoms with Gasteiger partial charge in [0.1, 0.15) is 18.2 Å². The third-order valence-electron chi connectivity index (χ3n) is 2.67. The average Bonchev–Trinajstić information content (AvgIpc) is 2.47. The number of hydrogen-bond donors (Lipinski definition) is 0. The van der Waals surface area contributed by atoms with Crippen LogP contribution in [0, 0.1) is 5.82 Å². The molecule has 0 N–H and O–H groups in total. The third-order valence-corrected chi connectivity index (χ3v) is 3.03. The Morgan fingerprint density at radius 3 is 2.64 bits per heavy atom. The van der Waals surface area contributed by atoms with E-state index >= 15 is 0 Å². The lowest BCUT2D eigenvalue weighted by molar-refractivity contribution is -0.0499. The number of para-hydroxylation sites is 1. The van der Waals surface area contributed by atoms with Gasteiger partial charge >= 0.3 is 6.61 Å². The zero-order valence-electron chi connectivity index (χ0n) is 11.2. The molecule has 116 valence electrons. The van der Waals surface area contributed by atoms with E-state index in [0.717, 1.165) is 0 Å². The number of hydrogen-bond acceptors (Lipinski definition) is 3. The van der Waals surface area contributed by atoms with Crippen molar-refractivity contribution in [3.63, 3.8) is 0 Å². The summed E-state index contributed by atoms with van der Waals surface area (Å²) >= 11 is 5.83. The summed E-state index contributed by atoms with van der Waals surface area (Å²) in [6.07, 6.45) is 1.20. The summed E-state index contributed by atoms with van der Waals surface area (Å²) in [5.41, 5.74) is 0.473. The first-order chi connectivity index (χ1) is 10.6. The molecule has 0 amide bonds. The highest BCUT2D eigenvalue weighted by molar-refractivity contribution is 6.31. The zero-order valence-corrected chi connectivity index (χ0v) is 11.9. The van der Waals surface area contributed by atoms with Crippen LogP contribution in [0.3, 0.4) is 0 Å². The van der Waals surface area contributed by atoms with Crippen molar-refractivity contribution < 1.29 is 22.7 Å². The second kappa shape index (κ2) is 7.70. The fourth-order valence-corrected chi connectivity index (χ4v) is 1.87. The van der Waals surface area contributed by atoms with Crippen LogP contribution in [0.25, 0.3) is 0 Å². The van der Waals surface area contributed by atoms with E-state index in [1.54, 1.807) is 12.1 Å². The lowest BCUT2D eigenvalue weighted by atomic mass is 10.2. The molecule has 2 aromatic carbocycles. The molecule has 2 aromatic rings. The highest BCUT2D eigenvalue weighted by Gasteiger charge is 2.08. The van der Waals surface area contributed by atoms with Crippen LogP contribution in [0.1, 0.15) is 11.1 Å². The van der Waals surface area contributed by atoms with Gasteiger partial charge in [0, 0.05) is 11.1 Å². The van der Waals surface area contributed by atoms with Crippen molar-refractivity contribution in [3.05, 3.63) is 64.4 Å². The second-order valence-electron chi connectivity index (χ2n) is 4.12. The first kappa shape index (κ1) is 16.2. The molecule has 0 spiro atoms. The molecule has 0 aliphatic carbocycles. The molecule has 0 aliphatic heterocycles. The highest BCUT2D eigenvalue weighted by atomic mass is 35.5. The fraction of sp³-hybridized carbons (Fsp3) is 0.133. The maximum absolute atomic E-state index is 13.5. The topological polar surface area (TPSA) is 30.8 Å². The van der Waals surface area contributed by atoms with Crippen molar-refractivity contribution in [1.29, 1.82) is 0 Å². The van der Waals surface area contributed by atoms with Gasteiger partial charge in [-0.2, -0.15) is 8.78 Å². The molecule has 0 bridgehead atoms. The third kappa shape index (κ3) is 4.39. The largest absolute Gasteiger partial charge is 0.434 e. The van der Waals surface area contributed by atoms with Crippen LogP contribution < -0.4 is 4.74 Å². The van der Waals surface area contributed by atoms with Gasteiger partial charge in [0.2, 0.25) is 0 Å². The minimum Gasteiger partial charge on any atom is -0.434 e. The Morgan fingerprint density at radius 1 is 1.14 bits per heavy atom. The number of halogens is 4. The summed E-state index contributed by atoms with van der Waals surface area (Å²) in [7, 11) is 0. The maximum Gasteiger partial charge on any atom is 0.387 e. The molecule has 0 unspecified atom stereocenters. The van der Waals surface area contributed by atoms with Crippen molar-refractivity contribution in [2.45, 2.75) is 13.2 Å². The molecule has 0 aromatic heterocycles. The molecule has 0 atom stereocenters. The van der Waals surface area contributed by atoms with Crippen molar-refractivity contribution in [2.24, 2.45) is 5.16 Å². The summed E-state index contributed by atoms with van der Waals surface area (Å²) in [6, 6.07) is 10.3. The van der Waals surface area contributed by atoms with Gasteiger partial charge in [-0.15, -0.1) is 0 Å². The minimum absolute atomic E-state index is 0.0335. The first-order valence-electron chi connectivity index (χ1n) is 6.20. The van der Waals surface area contributed by atoms with E-state index < -0.39 is 12.4 Å². The Labute approximate surface area is 129 Å². The molecule has 0 fully saturated rings. The maximum atomic E-state index is 13.5. The van der Waals surface area contributed by atoms with E-state index in [9.17, 15) is 13.2 Å². The quantitative estimate of drug-likeness (QED) is 0.571. The van der Waals surface area contributed by atoms with E-state index in [2.05, 4.69) is 9.89 Å². The molecule has 0 saturated heterocycles. The number of benzene rings is 2. The Morgan fingerprint density at radius 2 is 1.91 bits per heavy atom. The van der Waals surface area contributed by atoms with Gasteiger partial charge in [-0.3, -0.25) is 0 Å². The van der Waals surface area contributed by atoms with Crippen LogP contribution in [-0.2, 0) is 11.4 Å². The highest BCUT2D eigenvalue weighted by Crippen LogP contribution is 2.20. The van der Waals surface area contributed by atoms with E-state index in [0.29, 0.717) is 5.56 Å². The normalized spacial score (nSPS) is 11.1. The van der Waals surface area contributed by atoms with Crippen LogP contribution in [0.5, 0.6) is 5.75 Å². The fourth-order valence-electron chi connectivity index (χ4n) is 1.66. The van der Waals surface area contributed by atoms with E-state index in [-0.39, 0.29) is 22.9 Å². The standard InChI is InChI=1S/C15H11ClF3NO2/c16-12-5-3-6-13(17)11(12)9-21-20-8-10-4-1-2-7-14(10)22-15(18)19/h1-8,15H,9H2. The summed E-state index contributed by atoms with van der Waals surface area (Å²) in [4.78, 5) is 4.95. The molecule has 0 heterocycles. The SMILES string of the molecule is Fc1cccc(Cl)c1CON=Cc1ccccc1OC(F)F. The summed E-state index contributed by atoms with van der Waals surface area (Å²) in [5.74, 6) is -0.544. The van der Waals surface area contributed by atoms with Gasteiger partial charge in [-0.1, -0.05) is 35.0 Å². The molecule has 0 saturated carbocycles. The summed E-state index contributed by atoms with van der Waals surface area (Å²) in [6.45, 7) is -3.12. The van der Waals surface area contributed by atoms with Gasteiger partial charge in [-0.25, -0.2) is 4.39 Å². The molecular weight excluding hydrogens is 319 g/mol. The molecule has 22 heavy (non-hydrogen) atoms. The van der Waals surface area contributed by atoms with Crippen LogP contribution in [-0.4, -0.2) is 12.8 Å². The molecule has 7 heteroatoms. The van der Waals surface area contributed by atoms with E-state index in [1.807, 2.05) is 0 Å². The number of alkyl halides is 2. The number of nitrogens with zero attached hydrogens (tertiary/aromatic N) is 1. The second-order valence-corrected chi connectivity index (χ2v) is 4.53. The van der Waals surface area contributed by atoms with Crippen molar-refractivity contribution >= 4 is 17.8 Å². The van der Waals surface area contributed by atoms with Crippen molar-refractivity contribution in [2.75, 3.05) is 0 Å². The van der Waals surface area contributed by atoms with Gasteiger partial charge in [0.15, 0.2) is 0 Å². The van der Waals surface area contributed by atoms with Crippen LogP contribution in [0.2, 0.25) is 5.02 Å². The molecule has 0 aliphatic rings. The van der Waals surface area contributed by atoms with Gasteiger partial charge in [-0.05, 0) is 24.3 Å². The summed E-state index contributed by atoms with van der Waals surface area (Å²) < 4.78 is 42.3.